The van der Waals surface area contributed by atoms with Gasteiger partial charge in [0.25, 0.3) is 0 Å². The zero-order chi connectivity index (χ0) is 24.6. The van der Waals surface area contributed by atoms with Crippen LogP contribution >= 0.6 is 0 Å². The molecule has 2 atom stereocenters. The van der Waals surface area contributed by atoms with Gasteiger partial charge in [-0.05, 0) is 60.5 Å². The molecular formula is C26H27FN2O4S. The maximum Gasteiger partial charge on any atom is 0.154 e. The number of carbonyl (C=O) groups is 1. The number of carbonyl (C=O) groups excluding carboxylic acids is 1. The van der Waals surface area contributed by atoms with Crippen LogP contribution in [0.5, 0.6) is 5.75 Å². The molecule has 0 N–H and O–H groups in total. The van der Waals surface area contributed by atoms with Gasteiger partial charge < -0.3 is 14.4 Å². The summed E-state index contributed by atoms with van der Waals surface area (Å²) in [5.74, 6) is -0.0402. The quantitative estimate of drug-likeness (QED) is 0.586. The summed E-state index contributed by atoms with van der Waals surface area (Å²) in [7, 11) is 0.00963. The smallest absolute Gasteiger partial charge is 0.154 e. The number of halogens is 1. The predicted octanol–water partition coefficient (Wildman–Crippen LogP) is 3.79. The van der Waals surface area contributed by atoms with Crippen molar-refractivity contribution in [3.63, 3.8) is 0 Å². The van der Waals surface area contributed by atoms with Crippen molar-refractivity contribution >= 4 is 27.4 Å². The van der Waals surface area contributed by atoms with E-state index in [0.717, 1.165) is 34.1 Å². The first kappa shape index (κ1) is 23.9. The summed E-state index contributed by atoms with van der Waals surface area (Å²) in [5.41, 5.74) is 5.21. The summed E-state index contributed by atoms with van der Waals surface area (Å²) in [6, 6.07) is 9.04. The summed E-state index contributed by atoms with van der Waals surface area (Å²) >= 11 is 0. The lowest BCUT2D eigenvalue weighted by Crippen LogP contribution is -2.31. The van der Waals surface area contributed by atoms with Crippen LogP contribution in [0.2, 0.25) is 0 Å². The lowest BCUT2D eigenvalue weighted by atomic mass is 9.86. The number of methoxy groups -OCH3 is 1. The Balaban J connectivity index is 2.02. The summed E-state index contributed by atoms with van der Waals surface area (Å²) < 4.78 is 44.2. The maximum absolute atomic E-state index is 13.7. The number of hydrogen-bond donors (Lipinski definition) is 0. The van der Waals surface area contributed by atoms with Crippen molar-refractivity contribution < 1.29 is 22.3 Å². The zero-order valence-electron chi connectivity index (χ0n) is 19.6. The van der Waals surface area contributed by atoms with Crippen LogP contribution in [0.1, 0.15) is 36.1 Å². The molecule has 8 heteroatoms. The highest BCUT2D eigenvalue weighted by Gasteiger charge is 2.31. The van der Waals surface area contributed by atoms with Crippen molar-refractivity contribution in [3.8, 4) is 5.75 Å². The van der Waals surface area contributed by atoms with E-state index in [4.69, 9.17) is 9.73 Å². The van der Waals surface area contributed by atoms with E-state index in [1.165, 1.54) is 19.2 Å². The number of aldehydes is 1. The molecule has 178 valence electrons. The fourth-order valence-electron chi connectivity index (χ4n) is 4.34. The molecule has 0 bridgehead atoms. The number of aliphatic imine (C=N–C) groups is 1. The summed E-state index contributed by atoms with van der Waals surface area (Å²) in [4.78, 5) is 18.4. The third-order valence-corrected chi connectivity index (χ3v) is 7.91. The number of rotatable bonds is 6. The summed E-state index contributed by atoms with van der Waals surface area (Å²) in [6.07, 6.45) is 4.66. The van der Waals surface area contributed by atoms with Gasteiger partial charge in [0.2, 0.25) is 0 Å². The molecule has 2 aromatic carbocycles. The minimum atomic E-state index is -3.32. The van der Waals surface area contributed by atoms with Gasteiger partial charge in [-0.3, -0.25) is 4.99 Å². The fraction of sp³-hybridized carbons (Fsp3) is 0.308. The van der Waals surface area contributed by atoms with E-state index in [-0.39, 0.29) is 23.4 Å². The molecule has 2 aliphatic heterocycles. The Kier molecular flexibility index (Phi) is 6.45. The van der Waals surface area contributed by atoms with Crippen LogP contribution in [0.15, 0.2) is 59.2 Å². The molecule has 2 aliphatic rings. The SMILES string of the molecule is CCS(=O)(=O)Cc1cc2c(cc1OC)C(c1ccc(F)cc1)=N[C@@H](C)C1=CC(C=O)N(C)C=C12. The van der Waals surface area contributed by atoms with E-state index < -0.39 is 15.9 Å². The third kappa shape index (κ3) is 4.42. The molecule has 0 aromatic heterocycles. The van der Waals surface area contributed by atoms with Gasteiger partial charge in [-0.15, -0.1) is 0 Å². The first-order valence-corrected chi connectivity index (χ1v) is 12.9. The zero-order valence-corrected chi connectivity index (χ0v) is 20.4. The topological polar surface area (TPSA) is 76.0 Å². The van der Waals surface area contributed by atoms with Crippen LogP contribution in [0, 0.1) is 5.82 Å². The van der Waals surface area contributed by atoms with Gasteiger partial charge in [0.1, 0.15) is 23.9 Å². The normalized spacial score (nSPS) is 19.8. The monoisotopic (exact) mass is 482 g/mol. The molecular weight excluding hydrogens is 455 g/mol. The number of fused-ring (bicyclic) bond motifs is 3. The number of sulfone groups is 1. The molecule has 0 aliphatic carbocycles. The molecule has 34 heavy (non-hydrogen) atoms. The van der Waals surface area contributed by atoms with Crippen LogP contribution < -0.4 is 4.74 Å². The standard InChI is InChI=1S/C26H27FN2O4S/c1-5-34(31,32)15-18-10-22-23(12-25(18)33-4)26(17-6-8-19(27)9-7-17)28-16(2)21-11-20(14-30)29(3)13-24(21)22/h6-14,16,20H,5,15H2,1-4H3/t16-,20?/m0/s1. The van der Waals surface area contributed by atoms with E-state index in [1.54, 1.807) is 25.1 Å². The Hall–Kier alpha value is -3.26. The molecule has 0 saturated heterocycles. The number of likely N-dealkylation sites (N-methyl/N-ethyl adjacent to an activating group) is 1. The van der Waals surface area contributed by atoms with Gasteiger partial charge in [0, 0.05) is 41.3 Å². The van der Waals surface area contributed by atoms with Crippen LogP contribution in [-0.2, 0) is 20.4 Å². The second-order valence-electron chi connectivity index (χ2n) is 8.50. The van der Waals surface area contributed by atoms with Crippen LogP contribution in [0.3, 0.4) is 0 Å². The van der Waals surface area contributed by atoms with E-state index in [2.05, 4.69) is 0 Å². The van der Waals surface area contributed by atoms with Crippen molar-refractivity contribution in [2.75, 3.05) is 19.9 Å². The average Bonchev–Trinajstić information content (AvgIpc) is 2.92. The Bertz CT molecular complexity index is 1330. The molecule has 0 fully saturated rings. The van der Waals surface area contributed by atoms with Gasteiger partial charge in [0.05, 0.1) is 24.6 Å². The van der Waals surface area contributed by atoms with Gasteiger partial charge in [-0.1, -0.05) is 6.92 Å². The Labute approximate surface area is 199 Å². The minimum Gasteiger partial charge on any atom is -0.496 e. The van der Waals surface area contributed by atoms with E-state index >= 15 is 0 Å². The van der Waals surface area contributed by atoms with Gasteiger partial charge in [0.15, 0.2) is 9.84 Å². The van der Waals surface area contributed by atoms with Gasteiger partial charge >= 0.3 is 0 Å². The number of nitrogens with zero attached hydrogens (tertiary/aromatic N) is 2. The van der Waals surface area contributed by atoms with Gasteiger partial charge in [-0.2, -0.15) is 0 Å². The Morgan fingerprint density at radius 2 is 1.88 bits per heavy atom. The third-order valence-electron chi connectivity index (χ3n) is 6.28. The molecule has 4 rings (SSSR count). The van der Waals surface area contributed by atoms with Crippen LogP contribution in [0.25, 0.3) is 5.57 Å². The van der Waals surface area contributed by atoms with E-state index in [1.807, 2.05) is 37.2 Å². The summed E-state index contributed by atoms with van der Waals surface area (Å²) in [6.45, 7) is 3.56. The molecule has 2 heterocycles. The predicted molar refractivity (Wildman–Crippen MR) is 131 cm³/mol. The highest BCUT2D eigenvalue weighted by molar-refractivity contribution is 7.90. The molecule has 2 aromatic rings. The molecule has 0 amide bonds. The molecule has 0 radical (unpaired) electrons. The van der Waals surface area contributed by atoms with Crippen molar-refractivity contribution in [2.45, 2.75) is 31.7 Å². The largest absolute Gasteiger partial charge is 0.496 e. The van der Waals surface area contributed by atoms with Crippen molar-refractivity contribution in [1.82, 2.24) is 4.90 Å². The van der Waals surface area contributed by atoms with Gasteiger partial charge in [-0.25, -0.2) is 12.8 Å². The number of benzene rings is 2. The highest BCUT2D eigenvalue weighted by Crippen LogP contribution is 2.40. The second-order valence-corrected chi connectivity index (χ2v) is 10.9. The average molecular weight is 483 g/mol. The van der Waals surface area contributed by atoms with E-state index in [0.29, 0.717) is 17.0 Å². The first-order valence-electron chi connectivity index (χ1n) is 11.0. The highest BCUT2D eigenvalue weighted by atomic mass is 32.2. The fourth-order valence-corrected chi connectivity index (χ4v) is 5.24. The second kappa shape index (κ2) is 9.18. The molecule has 6 nitrogen and oxygen atoms in total. The van der Waals surface area contributed by atoms with E-state index in [9.17, 15) is 17.6 Å². The lowest BCUT2D eigenvalue weighted by molar-refractivity contribution is -0.110. The van der Waals surface area contributed by atoms with Crippen molar-refractivity contribution in [2.24, 2.45) is 4.99 Å². The molecule has 1 unspecified atom stereocenters. The van der Waals surface area contributed by atoms with Crippen molar-refractivity contribution in [1.29, 1.82) is 0 Å². The van der Waals surface area contributed by atoms with Crippen molar-refractivity contribution in [3.05, 3.63) is 82.3 Å². The first-order chi connectivity index (χ1) is 16.2. The number of hydrogen-bond acceptors (Lipinski definition) is 6. The Morgan fingerprint density at radius 1 is 1.18 bits per heavy atom. The van der Waals surface area contributed by atoms with Crippen LogP contribution in [0.4, 0.5) is 4.39 Å². The maximum atomic E-state index is 13.7. The molecule has 0 spiro atoms. The minimum absolute atomic E-state index is 0.0180. The molecule has 0 saturated carbocycles. The summed E-state index contributed by atoms with van der Waals surface area (Å²) in [5, 5.41) is 0. The van der Waals surface area contributed by atoms with Crippen LogP contribution in [-0.4, -0.2) is 57.3 Å². The number of ether oxygens (including phenoxy) is 1. The lowest BCUT2D eigenvalue weighted by Gasteiger charge is -2.29. The Morgan fingerprint density at radius 3 is 2.50 bits per heavy atom.